The van der Waals surface area contributed by atoms with Gasteiger partial charge in [0.05, 0.1) is 11.5 Å². The standard InChI is InChI=1S/C20H41NO2/c1-9-16(5)17(10-2)23-14-13-20(11-3,12-4)18(22)21-15-19(6,7)8/h16-17H,9-15H2,1-8H3,(H,21,22)/t16-,17?/m0/s1. The predicted octanol–water partition coefficient (Wildman–Crippen LogP) is 5.19. The van der Waals surface area contributed by atoms with Crippen LogP contribution in [0.5, 0.6) is 0 Å². The Morgan fingerprint density at radius 3 is 2.00 bits per heavy atom. The number of carbonyl (C=O) groups excluding carboxylic acids is 1. The van der Waals surface area contributed by atoms with E-state index >= 15 is 0 Å². The van der Waals surface area contributed by atoms with Crippen LogP contribution in [0.25, 0.3) is 0 Å². The van der Waals surface area contributed by atoms with Crippen molar-refractivity contribution in [2.75, 3.05) is 13.2 Å². The van der Waals surface area contributed by atoms with Crippen molar-refractivity contribution in [1.29, 1.82) is 0 Å². The zero-order valence-electron chi connectivity index (χ0n) is 16.9. The van der Waals surface area contributed by atoms with Gasteiger partial charge in [0, 0.05) is 13.2 Å². The molecular formula is C20H41NO2. The summed E-state index contributed by atoms with van der Waals surface area (Å²) in [4.78, 5) is 12.7. The first-order valence-electron chi connectivity index (χ1n) is 9.55. The second-order valence-electron chi connectivity index (χ2n) is 8.18. The fraction of sp³-hybridized carbons (Fsp3) is 0.950. The van der Waals surface area contributed by atoms with E-state index in [-0.39, 0.29) is 16.7 Å². The highest BCUT2D eigenvalue weighted by Crippen LogP contribution is 2.32. The Morgan fingerprint density at radius 2 is 1.61 bits per heavy atom. The first kappa shape index (κ1) is 22.4. The van der Waals surface area contributed by atoms with Gasteiger partial charge in [-0.05, 0) is 37.0 Å². The zero-order valence-corrected chi connectivity index (χ0v) is 16.9. The molecule has 3 heteroatoms. The van der Waals surface area contributed by atoms with Crippen molar-refractivity contribution in [3.63, 3.8) is 0 Å². The fourth-order valence-electron chi connectivity index (χ4n) is 2.92. The topological polar surface area (TPSA) is 38.3 Å². The maximum atomic E-state index is 12.7. The van der Waals surface area contributed by atoms with Crippen molar-refractivity contribution < 1.29 is 9.53 Å². The van der Waals surface area contributed by atoms with Gasteiger partial charge in [0.2, 0.25) is 5.91 Å². The molecule has 0 aromatic heterocycles. The average Bonchev–Trinajstić information content (AvgIpc) is 2.52. The number of rotatable bonds is 11. The largest absolute Gasteiger partial charge is 0.378 e. The first-order valence-corrected chi connectivity index (χ1v) is 9.55. The Hall–Kier alpha value is -0.570. The minimum atomic E-state index is -0.293. The molecule has 3 nitrogen and oxygen atoms in total. The number of hydrogen-bond donors (Lipinski definition) is 1. The van der Waals surface area contributed by atoms with Crippen LogP contribution in [0.1, 0.15) is 87.5 Å². The molecule has 0 rings (SSSR count). The molecule has 0 aromatic carbocycles. The molecule has 0 aliphatic carbocycles. The molecule has 0 heterocycles. The van der Waals surface area contributed by atoms with Crippen molar-refractivity contribution >= 4 is 5.91 Å². The van der Waals surface area contributed by atoms with Crippen LogP contribution in [0.4, 0.5) is 0 Å². The molecule has 0 spiro atoms. The fourth-order valence-corrected chi connectivity index (χ4v) is 2.92. The van der Waals surface area contributed by atoms with Gasteiger partial charge in [0.25, 0.3) is 0 Å². The molecule has 0 aliphatic rings. The lowest BCUT2D eigenvalue weighted by Crippen LogP contribution is -2.44. The Balaban J connectivity index is 4.67. The summed E-state index contributed by atoms with van der Waals surface area (Å²) in [6.45, 7) is 18.7. The van der Waals surface area contributed by atoms with Gasteiger partial charge in [-0.25, -0.2) is 0 Å². The third-order valence-corrected chi connectivity index (χ3v) is 5.21. The highest BCUT2D eigenvalue weighted by Gasteiger charge is 2.35. The van der Waals surface area contributed by atoms with Crippen molar-refractivity contribution in [1.82, 2.24) is 5.32 Å². The van der Waals surface area contributed by atoms with E-state index in [0.29, 0.717) is 18.6 Å². The Labute approximate surface area is 144 Å². The summed E-state index contributed by atoms with van der Waals surface area (Å²) in [7, 11) is 0. The lowest BCUT2D eigenvalue weighted by atomic mass is 9.78. The third kappa shape index (κ3) is 7.69. The van der Waals surface area contributed by atoms with Crippen molar-refractivity contribution in [2.45, 2.75) is 93.6 Å². The summed E-state index contributed by atoms with van der Waals surface area (Å²) in [6.07, 6.45) is 5.02. The summed E-state index contributed by atoms with van der Waals surface area (Å²) in [5.74, 6) is 0.769. The highest BCUT2D eigenvalue weighted by molar-refractivity contribution is 5.82. The smallest absolute Gasteiger partial charge is 0.226 e. The van der Waals surface area contributed by atoms with Crippen LogP contribution in [0.2, 0.25) is 0 Å². The molecule has 1 amide bonds. The van der Waals surface area contributed by atoms with Crippen molar-refractivity contribution in [3.05, 3.63) is 0 Å². The zero-order chi connectivity index (χ0) is 18.1. The van der Waals surface area contributed by atoms with Crippen LogP contribution in [0.15, 0.2) is 0 Å². The van der Waals surface area contributed by atoms with Crippen molar-refractivity contribution in [2.24, 2.45) is 16.7 Å². The van der Waals surface area contributed by atoms with E-state index < -0.39 is 0 Å². The van der Waals surface area contributed by atoms with Gasteiger partial charge in [-0.1, -0.05) is 61.8 Å². The summed E-state index contributed by atoms with van der Waals surface area (Å²) < 4.78 is 6.12. The summed E-state index contributed by atoms with van der Waals surface area (Å²) in [6, 6.07) is 0. The van der Waals surface area contributed by atoms with Crippen molar-refractivity contribution in [3.8, 4) is 0 Å². The first-order chi connectivity index (χ1) is 10.7. The highest BCUT2D eigenvalue weighted by atomic mass is 16.5. The predicted molar refractivity (Wildman–Crippen MR) is 99.6 cm³/mol. The van der Waals surface area contributed by atoms with Crippen LogP contribution in [0.3, 0.4) is 0 Å². The number of amides is 1. The van der Waals surface area contributed by atoms with Gasteiger partial charge < -0.3 is 10.1 Å². The van der Waals surface area contributed by atoms with Crippen LogP contribution in [-0.4, -0.2) is 25.2 Å². The molecule has 0 aromatic rings. The number of ether oxygens (including phenoxy) is 1. The molecule has 0 saturated carbocycles. The van der Waals surface area contributed by atoms with Gasteiger partial charge in [-0.3, -0.25) is 4.79 Å². The van der Waals surface area contributed by atoms with Gasteiger partial charge in [-0.2, -0.15) is 0 Å². The van der Waals surface area contributed by atoms with Crippen LogP contribution in [0, 0.1) is 16.7 Å². The Bertz CT molecular complexity index is 329. The second-order valence-corrected chi connectivity index (χ2v) is 8.18. The molecule has 1 unspecified atom stereocenters. The maximum absolute atomic E-state index is 12.7. The van der Waals surface area contributed by atoms with E-state index in [0.717, 1.165) is 38.6 Å². The van der Waals surface area contributed by atoms with Gasteiger partial charge >= 0.3 is 0 Å². The molecule has 0 radical (unpaired) electrons. The lowest BCUT2D eigenvalue weighted by molar-refractivity contribution is -0.134. The quantitative estimate of drug-likeness (QED) is 0.567. The number of nitrogens with one attached hydrogen (secondary N) is 1. The molecule has 23 heavy (non-hydrogen) atoms. The Morgan fingerprint density at radius 1 is 1.04 bits per heavy atom. The average molecular weight is 328 g/mol. The SMILES string of the molecule is CCC(OCCC(CC)(CC)C(=O)NCC(C)(C)C)[C@@H](C)CC. The van der Waals surface area contributed by atoms with Gasteiger partial charge in [0.15, 0.2) is 0 Å². The van der Waals surface area contributed by atoms with E-state index in [9.17, 15) is 4.79 Å². The van der Waals surface area contributed by atoms with E-state index in [1.54, 1.807) is 0 Å². The summed E-state index contributed by atoms with van der Waals surface area (Å²) in [5.41, 5.74) is -0.178. The second kappa shape index (κ2) is 10.3. The van der Waals surface area contributed by atoms with Crippen LogP contribution < -0.4 is 5.32 Å². The monoisotopic (exact) mass is 327 g/mol. The van der Waals surface area contributed by atoms with E-state index in [1.807, 2.05) is 0 Å². The normalized spacial score (nSPS) is 15.3. The summed E-state index contributed by atoms with van der Waals surface area (Å²) >= 11 is 0. The molecule has 2 atom stereocenters. The molecule has 0 saturated heterocycles. The number of hydrogen-bond acceptors (Lipinski definition) is 2. The van der Waals surface area contributed by atoms with E-state index in [4.69, 9.17) is 4.74 Å². The maximum Gasteiger partial charge on any atom is 0.226 e. The van der Waals surface area contributed by atoms with E-state index in [1.165, 1.54) is 0 Å². The molecule has 0 fully saturated rings. The molecule has 138 valence electrons. The third-order valence-electron chi connectivity index (χ3n) is 5.21. The molecule has 1 N–H and O–H groups in total. The summed E-state index contributed by atoms with van der Waals surface area (Å²) in [5, 5.41) is 3.16. The lowest BCUT2D eigenvalue weighted by Gasteiger charge is -2.33. The number of carbonyl (C=O) groups is 1. The molecule has 0 bridgehead atoms. The van der Waals surface area contributed by atoms with Gasteiger partial charge in [-0.15, -0.1) is 0 Å². The Kier molecular flexibility index (Phi) is 10.1. The minimum absolute atomic E-state index is 0.114. The molecule has 0 aliphatic heterocycles. The minimum Gasteiger partial charge on any atom is -0.378 e. The van der Waals surface area contributed by atoms with Crippen LogP contribution >= 0.6 is 0 Å². The molecular weight excluding hydrogens is 286 g/mol. The van der Waals surface area contributed by atoms with E-state index in [2.05, 4.69) is 60.7 Å². The van der Waals surface area contributed by atoms with Crippen LogP contribution in [-0.2, 0) is 9.53 Å². The van der Waals surface area contributed by atoms with Gasteiger partial charge in [0.1, 0.15) is 0 Å².